The molecule has 0 spiro atoms. The van der Waals surface area contributed by atoms with E-state index in [1.807, 2.05) is 7.05 Å². The molecule has 0 saturated carbocycles. The van der Waals surface area contributed by atoms with Crippen LogP contribution in [0.1, 0.15) is 13.8 Å². The summed E-state index contributed by atoms with van der Waals surface area (Å²) < 4.78 is 0. The summed E-state index contributed by atoms with van der Waals surface area (Å²) in [7, 11) is 4.01. The van der Waals surface area contributed by atoms with Crippen LogP contribution in [-0.4, -0.2) is 64.3 Å². The van der Waals surface area contributed by atoms with Gasteiger partial charge in [-0.15, -0.1) is 0 Å². The minimum absolute atomic E-state index is 0.494. The van der Waals surface area contributed by atoms with Crippen LogP contribution in [-0.2, 0) is 0 Å². The third-order valence-corrected chi connectivity index (χ3v) is 4.17. The zero-order valence-electron chi connectivity index (χ0n) is 12.4. The van der Waals surface area contributed by atoms with Gasteiger partial charge in [0.25, 0.3) is 0 Å². The highest BCUT2D eigenvalue weighted by molar-refractivity contribution is 5.87. The van der Waals surface area contributed by atoms with Crippen LogP contribution in [0.25, 0.3) is 11.0 Å². The first kappa shape index (κ1) is 13.1. The molecule has 0 aromatic carbocycles. The van der Waals surface area contributed by atoms with Gasteiger partial charge in [0.1, 0.15) is 5.82 Å². The van der Waals surface area contributed by atoms with Crippen molar-refractivity contribution in [3.05, 3.63) is 6.20 Å². The Labute approximate surface area is 118 Å². The van der Waals surface area contributed by atoms with Crippen LogP contribution < -0.4 is 10.2 Å². The molecule has 2 aromatic rings. The predicted molar refractivity (Wildman–Crippen MR) is 80.1 cm³/mol. The first-order valence-corrected chi connectivity index (χ1v) is 6.96. The molecule has 7 nitrogen and oxygen atoms in total. The quantitative estimate of drug-likeness (QED) is 0.849. The molecular weight excluding hydrogens is 254 g/mol. The second kappa shape index (κ2) is 4.90. The number of anilines is 2. The maximum Gasteiger partial charge on any atom is 0.226 e. The van der Waals surface area contributed by atoms with Crippen LogP contribution in [0.3, 0.4) is 0 Å². The number of likely N-dealkylation sites (N-methyl/N-ethyl adjacent to an activating group) is 1. The summed E-state index contributed by atoms with van der Waals surface area (Å²) in [5.74, 6) is 1.58. The van der Waals surface area contributed by atoms with Gasteiger partial charge in [-0.1, -0.05) is 0 Å². The summed E-state index contributed by atoms with van der Waals surface area (Å²) >= 11 is 0. The van der Waals surface area contributed by atoms with Gasteiger partial charge in [-0.2, -0.15) is 15.1 Å². The second-order valence-electron chi connectivity index (χ2n) is 5.52. The van der Waals surface area contributed by atoms with E-state index < -0.39 is 0 Å². The smallest absolute Gasteiger partial charge is 0.226 e. The Balaban J connectivity index is 2.02. The molecule has 2 aromatic heterocycles. The number of nitrogens with zero attached hydrogens (tertiary/aromatic N) is 5. The largest absolute Gasteiger partial charge is 0.357 e. The molecule has 7 heteroatoms. The van der Waals surface area contributed by atoms with Gasteiger partial charge >= 0.3 is 0 Å². The maximum absolute atomic E-state index is 4.63. The van der Waals surface area contributed by atoms with Crippen molar-refractivity contribution in [2.24, 2.45) is 0 Å². The number of rotatable bonds is 2. The minimum Gasteiger partial charge on any atom is -0.357 e. The van der Waals surface area contributed by atoms with Gasteiger partial charge in [-0.25, -0.2) is 0 Å². The monoisotopic (exact) mass is 275 g/mol. The molecule has 2 N–H and O–H groups in total. The van der Waals surface area contributed by atoms with Crippen LogP contribution in [0.4, 0.5) is 11.8 Å². The van der Waals surface area contributed by atoms with Crippen molar-refractivity contribution in [2.45, 2.75) is 25.9 Å². The highest BCUT2D eigenvalue weighted by atomic mass is 15.3. The van der Waals surface area contributed by atoms with E-state index in [1.165, 1.54) is 0 Å². The van der Waals surface area contributed by atoms with Gasteiger partial charge in [0.05, 0.1) is 11.6 Å². The fourth-order valence-electron chi connectivity index (χ4n) is 2.75. The zero-order valence-corrected chi connectivity index (χ0v) is 12.4. The molecule has 3 heterocycles. The zero-order chi connectivity index (χ0) is 14.3. The average molecular weight is 275 g/mol. The summed E-state index contributed by atoms with van der Waals surface area (Å²) in [6.07, 6.45) is 1.80. The Kier molecular flexibility index (Phi) is 3.21. The van der Waals surface area contributed by atoms with Crippen molar-refractivity contribution in [2.75, 3.05) is 37.4 Å². The lowest BCUT2D eigenvalue weighted by atomic mass is 10.1. The Morgan fingerprint density at radius 2 is 1.95 bits per heavy atom. The first-order chi connectivity index (χ1) is 9.60. The lowest BCUT2D eigenvalue weighted by Gasteiger charge is -2.43. The van der Waals surface area contributed by atoms with E-state index in [9.17, 15) is 0 Å². The van der Waals surface area contributed by atoms with Crippen molar-refractivity contribution in [1.29, 1.82) is 0 Å². The van der Waals surface area contributed by atoms with Crippen LogP contribution in [0.15, 0.2) is 6.20 Å². The summed E-state index contributed by atoms with van der Waals surface area (Å²) in [5, 5.41) is 11.0. The number of hydrogen-bond acceptors (Lipinski definition) is 6. The van der Waals surface area contributed by atoms with E-state index in [0.717, 1.165) is 29.9 Å². The van der Waals surface area contributed by atoms with E-state index >= 15 is 0 Å². The molecule has 1 fully saturated rings. The molecule has 0 radical (unpaired) electrons. The number of aromatic amines is 1. The van der Waals surface area contributed by atoms with Crippen molar-refractivity contribution in [3.63, 3.8) is 0 Å². The van der Waals surface area contributed by atoms with E-state index in [2.05, 4.69) is 56.2 Å². The fourth-order valence-corrected chi connectivity index (χ4v) is 2.75. The van der Waals surface area contributed by atoms with E-state index in [4.69, 9.17) is 0 Å². The van der Waals surface area contributed by atoms with E-state index in [-0.39, 0.29) is 0 Å². The Morgan fingerprint density at radius 3 is 2.60 bits per heavy atom. The van der Waals surface area contributed by atoms with Gasteiger partial charge in [-0.3, -0.25) is 10.00 Å². The minimum atomic E-state index is 0.494. The highest BCUT2D eigenvalue weighted by Crippen LogP contribution is 2.27. The molecule has 1 aliphatic heterocycles. The molecule has 2 atom stereocenters. The number of nitrogens with one attached hydrogen (secondary N) is 2. The molecule has 3 rings (SSSR count). The number of H-pyrrole nitrogens is 1. The molecule has 20 heavy (non-hydrogen) atoms. The standard InChI is InChI=1S/C13H21N7/c1-8-6-20(7-9(2)19(8)4)12-10-5-15-18-11(10)16-13(14-3)17-12/h5,8-9H,6-7H2,1-4H3,(H2,14,15,16,17,18). The number of aromatic nitrogens is 4. The van der Waals surface area contributed by atoms with Crippen LogP contribution in [0.2, 0.25) is 0 Å². The molecule has 0 bridgehead atoms. The molecule has 0 aliphatic carbocycles. The van der Waals surface area contributed by atoms with Crippen LogP contribution in [0, 0.1) is 0 Å². The van der Waals surface area contributed by atoms with Gasteiger partial charge in [0, 0.05) is 32.2 Å². The lowest BCUT2D eigenvalue weighted by molar-refractivity contribution is 0.170. The Bertz CT molecular complexity index is 596. The molecule has 108 valence electrons. The summed E-state index contributed by atoms with van der Waals surface area (Å²) in [6.45, 7) is 6.41. The number of piperazine rings is 1. The maximum atomic E-state index is 4.63. The van der Waals surface area contributed by atoms with Gasteiger partial charge in [0.15, 0.2) is 5.65 Å². The topological polar surface area (TPSA) is 73.0 Å². The predicted octanol–water partition coefficient (Wildman–Crippen LogP) is 0.923. The van der Waals surface area contributed by atoms with Crippen LogP contribution in [0.5, 0.6) is 0 Å². The molecule has 0 amide bonds. The van der Waals surface area contributed by atoms with Crippen LogP contribution >= 0.6 is 0 Å². The van der Waals surface area contributed by atoms with E-state index in [0.29, 0.717) is 18.0 Å². The third kappa shape index (κ3) is 2.07. The average Bonchev–Trinajstić information content (AvgIpc) is 2.91. The van der Waals surface area contributed by atoms with Gasteiger partial charge in [0.2, 0.25) is 5.95 Å². The Hall–Kier alpha value is -1.89. The molecule has 1 aliphatic rings. The fraction of sp³-hybridized carbons (Fsp3) is 0.615. The van der Waals surface area contributed by atoms with E-state index in [1.54, 1.807) is 6.20 Å². The third-order valence-electron chi connectivity index (χ3n) is 4.17. The molecule has 1 saturated heterocycles. The van der Waals surface area contributed by atoms with Gasteiger partial charge < -0.3 is 10.2 Å². The van der Waals surface area contributed by atoms with Gasteiger partial charge in [-0.05, 0) is 20.9 Å². The normalized spacial score (nSPS) is 24.3. The van der Waals surface area contributed by atoms with Crippen molar-refractivity contribution >= 4 is 22.8 Å². The number of fused-ring (bicyclic) bond motifs is 1. The Morgan fingerprint density at radius 1 is 1.25 bits per heavy atom. The SMILES string of the molecule is CNc1nc(N2CC(C)N(C)C(C)C2)c2cn[nH]c2n1. The summed E-state index contributed by atoms with van der Waals surface area (Å²) in [4.78, 5) is 13.8. The van der Waals surface area contributed by atoms with Crippen molar-refractivity contribution in [1.82, 2.24) is 25.1 Å². The second-order valence-corrected chi connectivity index (χ2v) is 5.52. The molecule has 2 unspecified atom stereocenters. The first-order valence-electron chi connectivity index (χ1n) is 6.96. The lowest BCUT2D eigenvalue weighted by Crippen LogP contribution is -2.55. The summed E-state index contributed by atoms with van der Waals surface area (Å²) in [6, 6.07) is 0.988. The van der Waals surface area contributed by atoms with Crippen molar-refractivity contribution < 1.29 is 0 Å². The van der Waals surface area contributed by atoms with Crippen molar-refractivity contribution in [3.8, 4) is 0 Å². The highest BCUT2D eigenvalue weighted by Gasteiger charge is 2.28. The summed E-state index contributed by atoms with van der Waals surface area (Å²) in [5.41, 5.74) is 0.776. The molecular formula is C13H21N7. The number of hydrogen-bond donors (Lipinski definition) is 2.